The fraction of sp³-hybridized carbons (Fsp3) is 0.154. The third kappa shape index (κ3) is 5.28. The van der Waals surface area contributed by atoms with Crippen molar-refractivity contribution in [3.63, 3.8) is 0 Å². The molecule has 0 fully saturated rings. The maximum absolute atomic E-state index is 15.0. The molecule has 2 aromatic carbocycles. The predicted octanol–water partition coefficient (Wildman–Crippen LogP) is 2.52. The highest BCUT2D eigenvalue weighted by atomic mass is 32.2. The average Bonchev–Trinajstić information content (AvgIpc) is 3.38. The van der Waals surface area contributed by atoms with Crippen LogP contribution in [0.4, 0.5) is 10.3 Å². The van der Waals surface area contributed by atoms with Crippen molar-refractivity contribution in [1.82, 2.24) is 34.3 Å². The van der Waals surface area contributed by atoms with Gasteiger partial charge in [-0.25, -0.2) is 37.5 Å². The van der Waals surface area contributed by atoms with Crippen molar-refractivity contribution >= 4 is 21.6 Å². The second kappa shape index (κ2) is 10.5. The van der Waals surface area contributed by atoms with Crippen molar-refractivity contribution in [2.75, 3.05) is 18.5 Å². The lowest BCUT2D eigenvalue weighted by Gasteiger charge is -2.11. The predicted molar refractivity (Wildman–Crippen MR) is 142 cm³/mol. The number of benzene rings is 2. The van der Waals surface area contributed by atoms with Crippen LogP contribution in [0, 0.1) is 17.1 Å². The van der Waals surface area contributed by atoms with Gasteiger partial charge < -0.3 is 5.73 Å². The summed E-state index contributed by atoms with van der Waals surface area (Å²) in [5, 5.41) is 13.9. The van der Waals surface area contributed by atoms with Crippen LogP contribution in [0.5, 0.6) is 0 Å². The van der Waals surface area contributed by atoms with Gasteiger partial charge in [-0.1, -0.05) is 24.3 Å². The first-order valence-corrected chi connectivity index (χ1v) is 13.4. The summed E-state index contributed by atoms with van der Waals surface area (Å²) >= 11 is 0. The lowest BCUT2D eigenvalue weighted by atomic mass is 10.0. The lowest BCUT2D eigenvalue weighted by molar-refractivity contribution is 0.586. The minimum Gasteiger partial charge on any atom is -0.368 e. The Labute approximate surface area is 223 Å². The summed E-state index contributed by atoms with van der Waals surface area (Å²) < 4.78 is 42.5. The number of aromatic nitrogens is 6. The van der Waals surface area contributed by atoms with Crippen molar-refractivity contribution in [2.24, 2.45) is 0 Å². The molecule has 0 bridgehead atoms. The van der Waals surface area contributed by atoms with Crippen LogP contribution in [0.1, 0.15) is 22.5 Å². The van der Waals surface area contributed by atoms with Crippen molar-refractivity contribution in [2.45, 2.75) is 12.8 Å². The van der Waals surface area contributed by atoms with Crippen LogP contribution in [0.25, 0.3) is 28.2 Å². The molecule has 0 aliphatic heterocycles. The van der Waals surface area contributed by atoms with Crippen molar-refractivity contribution in [1.29, 1.82) is 5.26 Å². The molecule has 0 amide bonds. The molecular weight excluding hydrogens is 521 g/mol. The highest BCUT2D eigenvalue weighted by Gasteiger charge is 2.22. The monoisotopic (exact) mass is 543 g/mol. The van der Waals surface area contributed by atoms with Crippen molar-refractivity contribution < 1.29 is 12.8 Å². The van der Waals surface area contributed by atoms with E-state index in [0.717, 1.165) is 0 Å². The van der Waals surface area contributed by atoms with Gasteiger partial charge in [0.2, 0.25) is 16.0 Å². The van der Waals surface area contributed by atoms with Crippen LogP contribution < -0.4 is 10.5 Å². The number of sulfonamides is 1. The zero-order valence-electron chi connectivity index (χ0n) is 20.7. The van der Waals surface area contributed by atoms with Gasteiger partial charge in [-0.3, -0.25) is 0 Å². The van der Waals surface area contributed by atoms with E-state index < -0.39 is 15.8 Å². The fourth-order valence-electron chi connectivity index (χ4n) is 4.23. The molecule has 3 N–H and O–H groups in total. The quantitative estimate of drug-likeness (QED) is 0.299. The van der Waals surface area contributed by atoms with Gasteiger partial charge in [0.1, 0.15) is 12.1 Å². The average molecular weight is 544 g/mol. The summed E-state index contributed by atoms with van der Waals surface area (Å²) in [6.45, 7) is 0. The summed E-state index contributed by atoms with van der Waals surface area (Å²) in [7, 11) is -2.15. The number of nitrogens with two attached hydrogens (primary N) is 1. The number of rotatable bonds is 8. The second-order valence-electron chi connectivity index (χ2n) is 8.57. The number of fused-ring (bicyclic) bond motifs is 1. The SMILES string of the molecule is CNS(=O)(=O)CCc1cccc(F)c1Cc1nc2c(-c3ccncn3)c(-c3cccc(C#N)c3)nc(N)n2n1. The molecule has 0 unspecified atom stereocenters. The van der Waals surface area contributed by atoms with Gasteiger partial charge in [-0.15, -0.1) is 5.10 Å². The maximum atomic E-state index is 15.0. The third-order valence-corrected chi connectivity index (χ3v) is 7.52. The summed E-state index contributed by atoms with van der Waals surface area (Å²) in [5.74, 6) is -0.403. The molecule has 196 valence electrons. The van der Waals surface area contributed by atoms with Gasteiger partial charge >= 0.3 is 0 Å². The Morgan fingerprint density at radius 3 is 2.72 bits per heavy atom. The number of hydrogen-bond acceptors (Lipinski definition) is 9. The molecule has 3 aromatic heterocycles. The molecule has 0 atom stereocenters. The van der Waals surface area contributed by atoms with E-state index in [9.17, 15) is 18.1 Å². The lowest BCUT2D eigenvalue weighted by Crippen LogP contribution is -2.23. The van der Waals surface area contributed by atoms with Crippen LogP contribution in [-0.2, 0) is 22.9 Å². The van der Waals surface area contributed by atoms with E-state index in [0.29, 0.717) is 39.3 Å². The van der Waals surface area contributed by atoms with Crippen LogP contribution in [0.2, 0.25) is 0 Å². The normalized spacial score (nSPS) is 11.5. The molecule has 5 aromatic rings. The van der Waals surface area contributed by atoms with Crippen LogP contribution in [0.15, 0.2) is 61.1 Å². The van der Waals surface area contributed by atoms with Crippen LogP contribution in [0.3, 0.4) is 0 Å². The number of halogens is 1. The summed E-state index contributed by atoms with van der Waals surface area (Å²) in [4.78, 5) is 17.6. The topological polar surface area (TPSA) is 165 Å². The Bertz CT molecular complexity index is 1830. The van der Waals surface area contributed by atoms with Crippen LogP contribution in [-0.4, -0.2) is 50.8 Å². The minimum atomic E-state index is -3.48. The van der Waals surface area contributed by atoms with Gasteiger partial charge in [0, 0.05) is 18.2 Å². The molecule has 3 heterocycles. The zero-order chi connectivity index (χ0) is 27.6. The summed E-state index contributed by atoms with van der Waals surface area (Å²) in [6.07, 6.45) is 3.07. The molecule has 0 aliphatic carbocycles. The molecule has 0 aliphatic rings. The minimum absolute atomic E-state index is 0.00874. The fourth-order valence-corrected chi connectivity index (χ4v) is 4.93. The number of hydrogen-bond donors (Lipinski definition) is 2. The number of nitrogens with one attached hydrogen (secondary N) is 1. The number of nitrogens with zero attached hydrogens (tertiary/aromatic N) is 7. The molecule has 0 spiro atoms. The van der Waals surface area contributed by atoms with E-state index in [1.165, 1.54) is 30.0 Å². The Morgan fingerprint density at radius 2 is 1.97 bits per heavy atom. The molecule has 13 heteroatoms. The first-order valence-electron chi connectivity index (χ1n) is 11.8. The number of anilines is 1. The largest absolute Gasteiger partial charge is 0.368 e. The Balaban J connectivity index is 1.65. The molecular formula is C26H22FN9O2S. The number of nitrogen functional groups attached to an aromatic ring is 1. The second-order valence-corrected chi connectivity index (χ2v) is 10.6. The Hall–Kier alpha value is -4.80. The molecule has 0 saturated carbocycles. The van der Waals surface area contributed by atoms with E-state index in [1.54, 1.807) is 42.6 Å². The van der Waals surface area contributed by atoms with Gasteiger partial charge in [0.15, 0.2) is 11.5 Å². The molecule has 0 saturated heterocycles. The summed E-state index contributed by atoms with van der Waals surface area (Å²) in [6, 6.07) is 15.2. The number of nitriles is 1. The van der Waals surface area contributed by atoms with E-state index >= 15 is 0 Å². The molecule has 11 nitrogen and oxygen atoms in total. The maximum Gasteiger partial charge on any atom is 0.223 e. The highest BCUT2D eigenvalue weighted by molar-refractivity contribution is 7.89. The van der Waals surface area contributed by atoms with Gasteiger partial charge in [0.25, 0.3) is 0 Å². The van der Waals surface area contributed by atoms with E-state index in [1.807, 2.05) is 0 Å². The van der Waals surface area contributed by atoms with Crippen LogP contribution >= 0.6 is 0 Å². The Kier molecular flexibility index (Phi) is 6.97. The number of aryl methyl sites for hydroxylation is 1. The van der Waals surface area contributed by atoms with Gasteiger partial charge in [-0.05, 0) is 48.9 Å². The van der Waals surface area contributed by atoms with E-state index in [2.05, 4.69) is 30.8 Å². The molecule has 39 heavy (non-hydrogen) atoms. The van der Waals surface area contributed by atoms with Crippen molar-refractivity contribution in [3.05, 3.63) is 89.4 Å². The van der Waals surface area contributed by atoms with Gasteiger partial charge in [-0.2, -0.15) is 9.78 Å². The van der Waals surface area contributed by atoms with Crippen molar-refractivity contribution in [3.8, 4) is 28.6 Å². The van der Waals surface area contributed by atoms with E-state index in [-0.39, 0.29) is 35.9 Å². The first-order chi connectivity index (χ1) is 18.8. The van der Waals surface area contributed by atoms with E-state index in [4.69, 9.17) is 10.7 Å². The molecule has 5 rings (SSSR count). The third-order valence-electron chi connectivity index (χ3n) is 6.16. The first kappa shape index (κ1) is 25.8. The standard InChI is InChI=1S/C26H22FN9O2S/c1-30-39(37,38)11-9-17-5-3-7-20(27)19(17)13-22-33-25-23(21-8-10-31-15-32-21)24(34-26(29)36(25)35-22)18-6-2-4-16(12-18)14-28/h2-8,10,12,15,30H,9,11,13H2,1H3,(H2,29,34). The molecule has 0 radical (unpaired) electrons. The smallest absolute Gasteiger partial charge is 0.223 e. The highest BCUT2D eigenvalue weighted by Crippen LogP contribution is 2.34. The summed E-state index contributed by atoms with van der Waals surface area (Å²) in [5.41, 5.74) is 9.97. The zero-order valence-corrected chi connectivity index (χ0v) is 21.5. The van der Waals surface area contributed by atoms with Gasteiger partial charge in [0.05, 0.1) is 34.3 Å². The Morgan fingerprint density at radius 1 is 1.15 bits per heavy atom.